The van der Waals surface area contributed by atoms with Gasteiger partial charge in [-0.3, -0.25) is 5.10 Å². The van der Waals surface area contributed by atoms with Crippen molar-refractivity contribution in [3.05, 3.63) is 23.2 Å². The molecule has 0 atom stereocenters. The van der Waals surface area contributed by atoms with Crippen LogP contribution in [-0.2, 0) is 0 Å². The lowest BCUT2D eigenvalue weighted by molar-refractivity contribution is 1.10. The minimum absolute atomic E-state index is 0.193. The molecule has 0 aliphatic heterocycles. The summed E-state index contributed by atoms with van der Waals surface area (Å²) in [5.74, 6) is 0.746. The molecule has 1 aromatic carbocycles. The molecular weight excluding hydrogens is 202 g/mol. The Labute approximate surface area is 85.1 Å². The van der Waals surface area contributed by atoms with Crippen molar-refractivity contribution in [2.75, 3.05) is 11.5 Å². The molecule has 0 fully saturated rings. The van der Waals surface area contributed by atoms with Crippen LogP contribution in [0.5, 0.6) is 0 Å². The summed E-state index contributed by atoms with van der Waals surface area (Å²) in [6.07, 6.45) is 0. The van der Waals surface area contributed by atoms with E-state index >= 15 is 0 Å². The number of hydrogen-bond donors (Lipinski definition) is 3. The Balaban J connectivity index is 2.51. The number of aromatic amines is 1. The van der Waals surface area contributed by atoms with Gasteiger partial charge >= 0.3 is 0 Å². The minimum atomic E-state index is 0.193. The molecule has 72 valence electrons. The van der Waals surface area contributed by atoms with Gasteiger partial charge < -0.3 is 11.5 Å². The zero-order valence-corrected chi connectivity index (χ0v) is 7.92. The minimum Gasteiger partial charge on any atom is -0.399 e. The van der Waals surface area contributed by atoms with Gasteiger partial charge in [-0.1, -0.05) is 11.6 Å². The highest BCUT2D eigenvalue weighted by molar-refractivity contribution is 6.31. The van der Waals surface area contributed by atoms with E-state index in [1.54, 1.807) is 18.2 Å². The number of benzene rings is 1. The Morgan fingerprint density at radius 2 is 2.00 bits per heavy atom. The van der Waals surface area contributed by atoms with E-state index in [2.05, 4.69) is 15.2 Å². The molecule has 2 rings (SSSR count). The van der Waals surface area contributed by atoms with Crippen LogP contribution in [0.3, 0.4) is 0 Å². The average molecular weight is 210 g/mol. The Morgan fingerprint density at radius 1 is 1.21 bits per heavy atom. The summed E-state index contributed by atoms with van der Waals surface area (Å²) < 4.78 is 0. The number of rotatable bonds is 1. The first-order chi connectivity index (χ1) is 6.65. The molecule has 5 nitrogen and oxygen atoms in total. The fraction of sp³-hybridized carbons (Fsp3) is 0. The number of H-pyrrole nitrogens is 1. The summed E-state index contributed by atoms with van der Waals surface area (Å²) in [7, 11) is 0. The average Bonchev–Trinajstić information content (AvgIpc) is 2.50. The van der Waals surface area contributed by atoms with Crippen LogP contribution in [0.1, 0.15) is 0 Å². The SMILES string of the molecule is Nc1cc(Cl)cc(-c2nc(N)n[nH]2)c1. The molecule has 5 N–H and O–H groups in total. The first-order valence-electron chi connectivity index (χ1n) is 3.89. The lowest BCUT2D eigenvalue weighted by atomic mass is 10.2. The van der Waals surface area contributed by atoms with Gasteiger partial charge in [-0.2, -0.15) is 4.98 Å². The van der Waals surface area contributed by atoms with E-state index in [0.29, 0.717) is 16.5 Å². The molecule has 0 amide bonds. The lowest BCUT2D eigenvalue weighted by Crippen LogP contribution is -1.88. The fourth-order valence-electron chi connectivity index (χ4n) is 1.15. The van der Waals surface area contributed by atoms with E-state index in [1.807, 2.05) is 0 Å². The van der Waals surface area contributed by atoms with Crippen LogP contribution >= 0.6 is 11.6 Å². The van der Waals surface area contributed by atoms with E-state index in [1.165, 1.54) is 0 Å². The number of nitrogens with two attached hydrogens (primary N) is 2. The third-order valence-corrected chi connectivity index (χ3v) is 1.91. The monoisotopic (exact) mass is 209 g/mol. The highest BCUT2D eigenvalue weighted by Crippen LogP contribution is 2.23. The topological polar surface area (TPSA) is 93.6 Å². The van der Waals surface area contributed by atoms with Crippen molar-refractivity contribution >= 4 is 23.2 Å². The molecule has 0 saturated heterocycles. The van der Waals surface area contributed by atoms with Crippen LogP contribution in [0.25, 0.3) is 11.4 Å². The summed E-state index contributed by atoms with van der Waals surface area (Å²) in [4.78, 5) is 3.96. The molecule has 0 bridgehead atoms. The van der Waals surface area contributed by atoms with E-state index in [-0.39, 0.29) is 5.95 Å². The molecule has 0 aliphatic rings. The molecule has 1 heterocycles. The number of hydrogen-bond acceptors (Lipinski definition) is 4. The van der Waals surface area contributed by atoms with E-state index in [0.717, 1.165) is 5.56 Å². The highest BCUT2D eigenvalue weighted by Gasteiger charge is 2.04. The summed E-state index contributed by atoms with van der Waals surface area (Å²) >= 11 is 5.83. The summed E-state index contributed by atoms with van der Waals surface area (Å²) in [6.45, 7) is 0. The normalized spacial score (nSPS) is 10.4. The molecular formula is C8H8ClN5. The molecule has 14 heavy (non-hydrogen) atoms. The van der Waals surface area contributed by atoms with Crippen LogP contribution < -0.4 is 11.5 Å². The zero-order valence-electron chi connectivity index (χ0n) is 7.16. The first kappa shape index (κ1) is 8.83. The van der Waals surface area contributed by atoms with Gasteiger partial charge in [0, 0.05) is 16.3 Å². The van der Waals surface area contributed by atoms with Gasteiger partial charge in [0.25, 0.3) is 0 Å². The summed E-state index contributed by atoms with van der Waals surface area (Å²) in [6, 6.07) is 5.13. The van der Waals surface area contributed by atoms with Gasteiger partial charge in [0.15, 0.2) is 5.82 Å². The van der Waals surface area contributed by atoms with Crippen molar-refractivity contribution in [1.82, 2.24) is 15.2 Å². The predicted molar refractivity (Wildman–Crippen MR) is 55.7 cm³/mol. The largest absolute Gasteiger partial charge is 0.399 e. The van der Waals surface area contributed by atoms with Crippen LogP contribution in [0.15, 0.2) is 18.2 Å². The smallest absolute Gasteiger partial charge is 0.239 e. The maximum Gasteiger partial charge on any atom is 0.239 e. The number of halogens is 1. The summed E-state index contributed by atoms with van der Waals surface area (Å²) in [5, 5.41) is 6.94. The molecule has 2 aromatic rings. The molecule has 0 saturated carbocycles. The fourth-order valence-corrected chi connectivity index (χ4v) is 1.40. The predicted octanol–water partition coefficient (Wildman–Crippen LogP) is 1.29. The van der Waals surface area contributed by atoms with Crippen LogP contribution in [0.4, 0.5) is 11.6 Å². The standard InChI is InChI=1S/C8H8ClN5/c9-5-1-4(2-6(10)3-5)7-12-8(11)14-13-7/h1-3H,10H2,(H3,11,12,13,14). The van der Waals surface area contributed by atoms with Crippen molar-refractivity contribution in [2.45, 2.75) is 0 Å². The Morgan fingerprint density at radius 3 is 2.57 bits per heavy atom. The maximum atomic E-state index is 5.83. The van der Waals surface area contributed by atoms with Gasteiger partial charge in [-0.25, -0.2) is 0 Å². The Hall–Kier alpha value is -1.75. The second-order valence-corrected chi connectivity index (χ2v) is 3.25. The molecule has 0 aliphatic carbocycles. The Kier molecular flexibility index (Phi) is 2.01. The van der Waals surface area contributed by atoms with Gasteiger partial charge in [0.1, 0.15) is 0 Å². The van der Waals surface area contributed by atoms with Crippen molar-refractivity contribution in [1.29, 1.82) is 0 Å². The third-order valence-electron chi connectivity index (χ3n) is 1.70. The molecule has 0 radical (unpaired) electrons. The third kappa shape index (κ3) is 1.62. The van der Waals surface area contributed by atoms with E-state index in [4.69, 9.17) is 23.1 Å². The second-order valence-electron chi connectivity index (χ2n) is 2.82. The number of nitrogen functional groups attached to an aromatic ring is 2. The number of nitrogens with one attached hydrogen (secondary N) is 1. The number of anilines is 2. The van der Waals surface area contributed by atoms with Gasteiger partial charge in [0.05, 0.1) is 0 Å². The van der Waals surface area contributed by atoms with Gasteiger partial charge in [0.2, 0.25) is 5.95 Å². The molecule has 0 unspecified atom stereocenters. The first-order valence-corrected chi connectivity index (χ1v) is 4.27. The lowest BCUT2D eigenvalue weighted by Gasteiger charge is -1.99. The van der Waals surface area contributed by atoms with Crippen LogP contribution in [0.2, 0.25) is 5.02 Å². The van der Waals surface area contributed by atoms with Gasteiger partial charge in [-0.05, 0) is 18.2 Å². The highest BCUT2D eigenvalue weighted by atomic mass is 35.5. The van der Waals surface area contributed by atoms with Crippen LogP contribution in [-0.4, -0.2) is 15.2 Å². The van der Waals surface area contributed by atoms with E-state index in [9.17, 15) is 0 Å². The van der Waals surface area contributed by atoms with Crippen molar-refractivity contribution in [2.24, 2.45) is 0 Å². The zero-order chi connectivity index (χ0) is 10.1. The molecule has 0 spiro atoms. The van der Waals surface area contributed by atoms with Crippen molar-refractivity contribution < 1.29 is 0 Å². The second kappa shape index (κ2) is 3.19. The van der Waals surface area contributed by atoms with Crippen LogP contribution in [0, 0.1) is 0 Å². The number of nitrogens with zero attached hydrogens (tertiary/aromatic N) is 2. The van der Waals surface area contributed by atoms with E-state index < -0.39 is 0 Å². The quantitative estimate of drug-likeness (QED) is 0.617. The maximum absolute atomic E-state index is 5.83. The Bertz CT molecular complexity index is 444. The summed E-state index contributed by atoms with van der Waals surface area (Å²) in [5.41, 5.74) is 12.3. The van der Waals surface area contributed by atoms with Crippen molar-refractivity contribution in [3.8, 4) is 11.4 Å². The molecule has 1 aromatic heterocycles. The van der Waals surface area contributed by atoms with Gasteiger partial charge in [-0.15, -0.1) is 5.10 Å². The number of aromatic nitrogens is 3. The molecule has 6 heteroatoms. The van der Waals surface area contributed by atoms with Crippen molar-refractivity contribution in [3.63, 3.8) is 0 Å².